The predicted molar refractivity (Wildman–Crippen MR) is 115 cm³/mol. The number of aliphatic hydroxyl groups excluding tert-OH is 4. The molecule has 8 nitrogen and oxygen atoms in total. The SMILES string of the molecule is COc1ccc(Sc2cn([C@@H]3O[C@H](CO)[C@@H](O)[C@H](O)[C@H]3O)c3cc(OC)ccc23)cc1. The molecule has 1 aliphatic heterocycles. The van der Waals surface area contributed by atoms with Crippen LogP contribution in [0.3, 0.4) is 0 Å². The second kappa shape index (κ2) is 9.07. The summed E-state index contributed by atoms with van der Waals surface area (Å²) in [7, 11) is 3.18. The highest BCUT2D eigenvalue weighted by molar-refractivity contribution is 7.99. The van der Waals surface area contributed by atoms with E-state index in [1.165, 1.54) is 11.8 Å². The van der Waals surface area contributed by atoms with Gasteiger partial charge in [0.25, 0.3) is 0 Å². The van der Waals surface area contributed by atoms with Gasteiger partial charge < -0.3 is 39.2 Å². The molecule has 3 aromatic rings. The normalized spacial score (nSPS) is 26.2. The molecule has 0 saturated carbocycles. The number of hydrogen-bond donors (Lipinski definition) is 4. The highest BCUT2D eigenvalue weighted by atomic mass is 32.2. The molecular weight excluding hydrogens is 422 g/mol. The molecule has 1 aromatic heterocycles. The van der Waals surface area contributed by atoms with E-state index in [-0.39, 0.29) is 0 Å². The first-order valence-electron chi connectivity index (χ1n) is 9.77. The molecule has 4 rings (SSSR count). The van der Waals surface area contributed by atoms with Gasteiger partial charge in [-0.1, -0.05) is 11.8 Å². The number of fused-ring (bicyclic) bond motifs is 1. The van der Waals surface area contributed by atoms with Crippen LogP contribution in [0.5, 0.6) is 11.5 Å². The fourth-order valence-corrected chi connectivity index (χ4v) is 4.68. The van der Waals surface area contributed by atoms with E-state index in [0.717, 1.165) is 26.4 Å². The van der Waals surface area contributed by atoms with Crippen molar-refractivity contribution in [3.63, 3.8) is 0 Å². The third-order valence-electron chi connectivity index (χ3n) is 5.43. The first-order chi connectivity index (χ1) is 15.0. The zero-order chi connectivity index (χ0) is 22.1. The van der Waals surface area contributed by atoms with Crippen LogP contribution in [-0.4, -0.2) is 70.2 Å². The van der Waals surface area contributed by atoms with Crippen molar-refractivity contribution in [2.75, 3.05) is 20.8 Å². The van der Waals surface area contributed by atoms with Crippen molar-refractivity contribution in [1.82, 2.24) is 4.57 Å². The van der Waals surface area contributed by atoms with Gasteiger partial charge in [0.2, 0.25) is 0 Å². The van der Waals surface area contributed by atoms with Crippen LogP contribution in [-0.2, 0) is 4.74 Å². The van der Waals surface area contributed by atoms with Gasteiger partial charge in [0.15, 0.2) is 6.23 Å². The van der Waals surface area contributed by atoms with Gasteiger partial charge in [-0.3, -0.25) is 0 Å². The summed E-state index contributed by atoms with van der Waals surface area (Å²) in [5, 5.41) is 41.4. The number of nitrogens with zero attached hydrogens (tertiary/aromatic N) is 1. The van der Waals surface area contributed by atoms with Crippen LogP contribution >= 0.6 is 11.8 Å². The van der Waals surface area contributed by atoms with Crippen LogP contribution in [0.1, 0.15) is 6.23 Å². The zero-order valence-electron chi connectivity index (χ0n) is 17.1. The average molecular weight is 448 g/mol. The maximum absolute atomic E-state index is 10.6. The second-order valence-corrected chi connectivity index (χ2v) is 8.40. The number of hydrogen-bond acceptors (Lipinski definition) is 8. The van der Waals surface area contributed by atoms with Gasteiger partial charge in [-0.15, -0.1) is 0 Å². The maximum atomic E-state index is 10.6. The molecule has 166 valence electrons. The molecule has 5 atom stereocenters. The topological polar surface area (TPSA) is 114 Å². The first-order valence-corrected chi connectivity index (χ1v) is 10.6. The molecule has 0 unspecified atom stereocenters. The fourth-order valence-electron chi connectivity index (χ4n) is 3.70. The lowest BCUT2D eigenvalue weighted by atomic mass is 9.98. The summed E-state index contributed by atoms with van der Waals surface area (Å²) >= 11 is 1.53. The first kappa shape index (κ1) is 21.9. The maximum Gasteiger partial charge on any atom is 0.163 e. The van der Waals surface area contributed by atoms with E-state index < -0.39 is 37.3 Å². The zero-order valence-corrected chi connectivity index (χ0v) is 17.9. The third-order valence-corrected chi connectivity index (χ3v) is 6.49. The van der Waals surface area contributed by atoms with Crippen molar-refractivity contribution in [2.45, 2.75) is 40.4 Å². The number of rotatable bonds is 6. The van der Waals surface area contributed by atoms with Crippen molar-refractivity contribution in [3.05, 3.63) is 48.7 Å². The molecule has 2 heterocycles. The lowest BCUT2D eigenvalue weighted by molar-refractivity contribution is -0.250. The molecule has 0 radical (unpaired) electrons. The fraction of sp³-hybridized carbons (Fsp3) is 0.364. The Morgan fingerprint density at radius 2 is 1.61 bits per heavy atom. The monoisotopic (exact) mass is 447 g/mol. The summed E-state index contributed by atoms with van der Waals surface area (Å²) < 4.78 is 18.1. The molecule has 1 saturated heterocycles. The number of aliphatic hydroxyl groups is 4. The van der Waals surface area contributed by atoms with Gasteiger partial charge >= 0.3 is 0 Å². The quantitative estimate of drug-likeness (QED) is 0.452. The van der Waals surface area contributed by atoms with E-state index in [0.29, 0.717) is 5.75 Å². The summed E-state index contributed by atoms with van der Waals surface area (Å²) in [5.74, 6) is 1.38. The molecule has 0 aliphatic carbocycles. The van der Waals surface area contributed by atoms with E-state index >= 15 is 0 Å². The van der Waals surface area contributed by atoms with Gasteiger partial charge in [0.05, 0.1) is 26.3 Å². The van der Waals surface area contributed by atoms with E-state index in [1.807, 2.05) is 48.7 Å². The minimum Gasteiger partial charge on any atom is -0.497 e. The lowest BCUT2D eigenvalue weighted by Crippen LogP contribution is -2.56. The molecule has 0 spiro atoms. The summed E-state index contributed by atoms with van der Waals surface area (Å²) in [6.45, 7) is -0.489. The summed E-state index contributed by atoms with van der Waals surface area (Å²) in [4.78, 5) is 1.89. The minimum atomic E-state index is -1.46. The van der Waals surface area contributed by atoms with E-state index in [4.69, 9.17) is 14.2 Å². The Morgan fingerprint density at radius 3 is 2.26 bits per heavy atom. The largest absolute Gasteiger partial charge is 0.497 e. The van der Waals surface area contributed by atoms with Crippen molar-refractivity contribution in [3.8, 4) is 11.5 Å². The molecule has 1 fully saturated rings. The molecule has 4 N–H and O–H groups in total. The van der Waals surface area contributed by atoms with Gasteiger partial charge in [0, 0.05) is 27.4 Å². The van der Waals surface area contributed by atoms with E-state index in [2.05, 4.69) is 0 Å². The van der Waals surface area contributed by atoms with Crippen LogP contribution in [0, 0.1) is 0 Å². The van der Waals surface area contributed by atoms with Gasteiger partial charge in [0.1, 0.15) is 35.9 Å². The average Bonchev–Trinajstić information content (AvgIpc) is 3.15. The van der Waals surface area contributed by atoms with Crippen LogP contribution in [0.2, 0.25) is 0 Å². The van der Waals surface area contributed by atoms with Crippen molar-refractivity contribution >= 4 is 22.7 Å². The summed E-state index contributed by atoms with van der Waals surface area (Å²) in [6.07, 6.45) is -4.44. The van der Waals surface area contributed by atoms with Crippen LogP contribution in [0.25, 0.3) is 10.9 Å². The number of aromatic nitrogens is 1. The molecular formula is C22H25NO7S. The Morgan fingerprint density at radius 1 is 0.935 bits per heavy atom. The summed E-state index contributed by atoms with van der Waals surface area (Å²) in [6, 6.07) is 13.2. The Kier molecular flexibility index (Phi) is 6.42. The van der Waals surface area contributed by atoms with Crippen LogP contribution in [0.4, 0.5) is 0 Å². The van der Waals surface area contributed by atoms with Gasteiger partial charge in [-0.05, 0) is 36.4 Å². The van der Waals surface area contributed by atoms with Gasteiger partial charge in [-0.25, -0.2) is 0 Å². The molecule has 9 heteroatoms. The van der Waals surface area contributed by atoms with Crippen molar-refractivity contribution in [1.29, 1.82) is 0 Å². The number of benzene rings is 2. The Bertz CT molecular complexity index is 1040. The minimum absolute atomic E-state index is 0.489. The standard InChI is InChI=1S/C22H25NO7S/c1-28-12-3-6-14(7-4-12)31-18-10-23(16-9-13(29-2)5-8-15(16)18)22-21(27)20(26)19(25)17(11-24)30-22/h3-10,17,19-22,24-27H,11H2,1-2H3/t17-,19-,20+,21-,22-/m1/s1. The number of ether oxygens (including phenoxy) is 3. The molecule has 0 amide bonds. The number of methoxy groups -OCH3 is 2. The van der Waals surface area contributed by atoms with Crippen LogP contribution in [0.15, 0.2) is 58.5 Å². The van der Waals surface area contributed by atoms with Crippen LogP contribution < -0.4 is 9.47 Å². The Hall–Kier alpha value is -2.27. The predicted octanol–water partition coefficient (Wildman–Crippen LogP) is 1.78. The van der Waals surface area contributed by atoms with E-state index in [9.17, 15) is 20.4 Å². The highest BCUT2D eigenvalue weighted by Gasteiger charge is 2.44. The highest BCUT2D eigenvalue weighted by Crippen LogP contribution is 2.40. The molecule has 31 heavy (non-hydrogen) atoms. The second-order valence-electron chi connectivity index (χ2n) is 7.28. The van der Waals surface area contributed by atoms with Crippen molar-refractivity contribution < 1.29 is 34.6 Å². The third kappa shape index (κ3) is 4.12. The van der Waals surface area contributed by atoms with Crippen molar-refractivity contribution in [2.24, 2.45) is 0 Å². The molecule has 1 aliphatic rings. The Balaban J connectivity index is 1.77. The summed E-state index contributed by atoms with van der Waals surface area (Å²) in [5.41, 5.74) is 0.722. The van der Waals surface area contributed by atoms with Gasteiger partial charge in [-0.2, -0.15) is 0 Å². The van der Waals surface area contributed by atoms with E-state index in [1.54, 1.807) is 18.8 Å². The molecule has 2 aromatic carbocycles. The Labute approximate surface area is 183 Å². The lowest BCUT2D eigenvalue weighted by Gasteiger charge is -2.40. The molecule has 0 bridgehead atoms. The smallest absolute Gasteiger partial charge is 0.163 e.